The highest BCUT2D eigenvalue weighted by molar-refractivity contribution is 6.16. The number of para-hydroxylation sites is 3. The second-order valence-corrected chi connectivity index (χ2v) is 15.3. The van der Waals surface area contributed by atoms with Crippen LogP contribution in [-0.2, 0) is 0 Å². The van der Waals surface area contributed by atoms with Gasteiger partial charge in [-0.15, -0.1) is 0 Å². The number of rotatable bonds is 8. The van der Waals surface area contributed by atoms with E-state index in [0.29, 0.717) is 0 Å². The van der Waals surface area contributed by atoms with Gasteiger partial charge in [-0.25, -0.2) is 0 Å². The summed E-state index contributed by atoms with van der Waals surface area (Å²) in [6.45, 7) is 0. The molecule has 0 aliphatic heterocycles. The van der Waals surface area contributed by atoms with Gasteiger partial charge < -0.3 is 9.47 Å². The molecule has 0 unspecified atom stereocenters. The third kappa shape index (κ3) is 6.23. The normalized spacial score (nSPS) is 11.3. The molecule has 282 valence electrons. The zero-order valence-electron chi connectivity index (χ0n) is 33.0. The van der Waals surface area contributed by atoms with Crippen LogP contribution in [0.5, 0.6) is 0 Å². The molecule has 11 aromatic rings. The van der Waals surface area contributed by atoms with E-state index < -0.39 is 0 Å². The lowest BCUT2D eigenvalue weighted by Crippen LogP contribution is -2.11. The highest BCUT2D eigenvalue weighted by Crippen LogP contribution is 2.44. The first-order chi connectivity index (χ1) is 29.8. The van der Waals surface area contributed by atoms with E-state index in [2.05, 4.69) is 252 Å². The van der Waals surface area contributed by atoms with Gasteiger partial charge in [0, 0.05) is 33.4 Å². The van der Waals surface area contributed by atoms with Crippen molar-refractivity contribution < 1.29 is 0 Å². The molecule has 11 rings (SSSR count). The van der Waals surface area contributed by atoms with Crippen LogP contribution in [0.4, 0.5) is 17.1 Å². The SMILES string of the molecule is c1ccc(-c2ccccc2N(c2ccc(-c3ccc(-c4cccc5ccccc45)cc3)cc2)c2cccc(-c3cccc4c3c3ccccc3n4-c3ccccc3)c2)cc1. The van der Waals surface area contributed by atoms with Gasteiger partial charge in [-0.3, -0.25) is 0 Å². The van der Waals surface area contributed by atoms with Crippen LogP contribution >= 0.6 is 0 Å². The number of hydrogen-bond acceptors (Lipinski definition) is 1. The van der Waals surface area contributed by atoms with Crippen molar-refractivity contribution >= 4 is 49.6 Å². The van der Waals surface area contributed by atoms with Gasteiger partial charge in [0.25, 0.3) is 0 Å². The predicted octanol–water partition coefficient (Wildman–Crippen LogP) is 16.1. The van der Waals surface area contributed by atoms with Crippen molar-refractivity contribution in [2.45, 2.75) is 0 Å². The number of hydrogen-bond donors (Lipinski definition) is 0. The Bertz CT molecular complexity index is 3280. The molecule has 0 radical (unpaired) electrons. The molecule has 1 heterocycles. The third-order valence-electron chi connectivity index (χ3n) is 11.8. The Kier molecular flexibility index (Phi) is 8.87. The maximum absolute atomic E-state index is 2.41. The van der Waals surface area contributed by atoms with E-state index in [1.165, 1.54) is 77.1 Å². The summed E-state index contributed by atoms with van der Waals surface area (Å²) in [5, 5.41) is 5.02. The fourth-order valence-electron chi connectivity index (χ4n) is 9.01. The Labute approximate surface area is 350 Å². The summed E-state index contributed by atoms with van der Waals surface area (Å²) >= 11 is 0. The van der Waals surface area contributed by atoms with Gasteiger partial charge in [0.15, 0.2) is 0 Å². The van der Waals surface area contributed by atoms with E-state index in [4.69, 9.17) is 0 Å². The molecule has 0 aliphatic rings. The lowest BCUT2D eigenvalue weighted by Gasteiger charge is -2.28. The van der Waals surface area contributed by atoms with Crippen molar-refractivity contribution in [3.05, 3.63) is 243 Å². The number of aromatic nitrogens is 1. The minimum absolute atomic E-state index is 1.09. The van der Waals surface area contributed by atoms with Crippen LogP contribution in [0, 0.1) is 0 Å². The maximum atomic E-state index is 2.41. The average molecular weight is 765 g/mol. The van der Waals surface area contributed by atoms with Crippen LogP contribution in [0.1, 0.15) is 0 Å². The first-order valence-electron chi connectivity index (χ1n) is 20.6. The Morgan fingerprint density at radius 1 is 0.300 bits per heavy atom. The quantitative estimate of drug-likeness (QED) is 0.150. The summed E-state index contributed by atoms with van der Waals surface area (Å²) in [4.78, 5) is 2.41. The first kappa shape index (κ1) is 35.2. The van der Waals surface area contributed by atoms with Crippen LogP contribution in [-0.4, -0.2) is 4.57 Å². The third-order valence-corrected chi connectivity index (χ3v) is 11.8. The predicted molar refractivity (Wildman–Crippen MR) is 255 cm³/mol. The number of fused-ring (bicyclic) bond motifs is 4. The molecule has 0 aliphatic carbocycles. The average Bonchev–Trinajstić information content (AvgIpc) is 3.67. The fourth-order valence-corrected chi connectivity index (χ4v) is 9.01. The van der Waals surface area contributed by atoms with E-state index in [9.17, 15) is 0 Å². The molecule has 0 atom stereocenters. The van der Waals surface area contributed by atoms with E-state index >= 15 is 0 Å². The van der Waals surface area contributed by atoms with Gasteiger partial charge in [-0.05, 0) is 104 Å². The molecule has 2 heteroatoms. The van der Waals surface area contributed by atoms with Gasteiger partial charge in [0.2, 0.25) is 0 Å². The maximum Gasteiger partial charge on any atom is 0.0547 e. The summed E-state index contributed by atoms with van der Waals surface area (Å²) < 4.78 is 2.39. The Balaban J connectivity index is 1.03. The fraction of sp³-hybridized carbons (Fsp3) is 0. The summed E-state index contributed by atoms with van der Waals surface area (Å²) in [6.07, 6.45) is 0. The van der Waals surface area contributed by atoms with Crippen molar-refractivity contribution in [3.63, 3.8) is 0 Å². The van der Waals surface area contributed by atoms with Crippen molar-refractivity contribution in [3.8, 4) is 50.2 Å². The lowest BCUT2D eigenvalue weighted by molar-refractivity contribution is 1.18. The highest BCUT2D eigenvalue weighted by Gasteiger charge is 2.20. The van der Waals surface area contributed by atoms with Crippen molar-refractivity contribution in [1.82, 2.24) is 4.57 Å². The van der Waals surface area contributed by atoms with Crippen molar-refractivity contribution in [1.29, 1.82) is 0 Å². The van der Waals surface area contributed by atoms with Crippen molar-refractivity contribution in [2.24, 2.45) is 0 Å². The van der Waals surface area contributed by atoms with Crippen molar-refractivity contribution in [2.75, 3.05) is 4.90 Å². The zero-order valence-corrected chi connectivity index (χ0v) is 33.0. The molecule has 0 fully saturated rings. The minimum Gasteiger partial charge on any atom is -0.310 e. The molecule has 2 nitrogen and oxygen atoms in total. The summed E-state index contributed by atoms with van der Waals surface area (Å²) in [5.41, 5.74) is 16.4. The van der Waals surface area contributed by atoms with E-state index in [-0.39, 0.29) is 0 Å². The molecular weight excluding hydrogens is 725 g/mol. The summed E-state index contributed by atoms with van der Waals surface area (Å²) in [5.74, 6) is 0. The number of nitrogens with zero attached hydrogens (tertiary/aromatic N) is 2. The van der Waals surface area contributed by atoms with Gasteiger partial charge >= 0.3 is 0 Å². The van der Waals surface area contributed by atoms with Crippen LogP contribution in [0.15, 0.2) is 243 Å². The highest BCUT2D eigenvalue weighted by atomic mass is 15.1. The minimum atomic E-state index is 1.09. The summed E-state index contributed by atoms with van der Waals surface area (Å²) in [7, 11) is 0. The Morgan fingerprint density at radius 2 is 0.833 bits per heavy atom. The van der Waals surface area contributed by atoms with Gasteiger partial charge in [-0.2, -0.15) is 0 Å². The second-order valence-electron chi connectivity index (χ2n) is 15.3. The molecule has 0 saturated heterocycles. The smallest absolute Gasteiger partial charge is 0.0547 e. The lowest BCUT2D eigenvalue weighted by atomic mass is 9.96. The van der Waals surface area contributed by atoms with Gasteiger partial charge in [0.05, 0.1) is 16.7 Å². The molecule has 0 bridgehead atoms. The first-order valence-corrected chi connectivity index (χ1v) is 20.6. The monoisotopic (exact) mass is 764 g/mol. The van der Waals surface area contributed by atoms with Crippen LogP contribution in [0.2, 0.25) is 0 Å². The molecular formula is C58H40N2. The van der Waals surface area contributed by atoms with Crippen LogP contribution in [0.3, 0.4) is 0 Å². The summed E-state index contributed by atoms with van der Waals surface area (Å²) in [6, 6.07) is 87.8. The molecule has 0 N–H and O–H groups in total. The van der Waals surface area contributed by atoms with E-state index in [1.807, 2.05) is 0 Å². The van der Waals surface area contributed by atoms with E-state index in [0.717, 1.165) is 22.7 Å². The second kappa shape index (κ2) is 15.1. The molecule has 60 heavy (non-hydrogen) atoms. The van der Waals surface area contributed by atoms with E-state index in [1.54, 1.807) is 0 Å². The Morgan fingerprint density at radius 3 is 1.65 bits per heavy atom. The molecule has 1 aromatic heterocycles. The number of anilines is 3. The molecule has 0 amide bonds. The van der Waals surface area contributed by atoms with Crippen LogP contribution < -0.4 is 4.90 Å². The molecule has 0 saturated carbocycles. The zero-order chi connectivity index (χ0) is 39.8. The molecule has 10 aromatic carbocycles. The Hall–Kier alpha value is -7.94. The van der Waals surface area contributed by atoms with Crippen LogP contribution in [0.25, 0.3) is 82.8 Å². The largest absolute Gasteiger partial charge is 0.310 e. The topological polar surface area (TPSA) is 8.17 Å². The van der Waals surface area contributed by atoms with Gasteiger partial charge in [0.1, 0.15) is 0 Å². The molecule has 0 spiro atoms. The van der Waals surface area contributed by atoms with Gasteiger partial charge in [-0.1, -0.05) is 188 Å². The standard InChI is InChI=1S/C58H40N2/c1-3-16-44(17-4-1)52-25-9-11-29-55(52)59(48-38-36-42(37-39-48)41-32-34-45(35-33-41)51-27-14-19-43-18-7-8-24-50(43)51)49-23-13-20-46(40-49)53-28-15-31-57-58(53)54-26-10-12-30-56(54)60(57)47-21-5-2-6-22-47/h1-40H. The number of benzene rings is 10.